The number of hydrogen-bond acceptors (Lipinski definition) is 3. The second-order valence-corrected chi connectivity index (χ2v) is 6.95. The maximum atomic E-state index is 12.0. The Morgan fingerprint density at radius 1 is 0.966 bits per heavy atom. The molecule has 5 nitrogen and oxygen atoms in total. The Balaban J connectivity index is 1.38. The third kappa shape index (κ3) is 3.50. The van der Waals surface area contributed by atoms with Gasteiger partial charge in [-0.2, -0.15) is 0 Å². The number of carbonyl (C=O) groups excluding carboxylic acids is 1. The van der Waals surface area contributed by atoms with E-state index in [0.29, 0.717) is 6.54 Å². The number of nitrogens with one attached hydrogen (secondary N) is 2. The molecule has 0 radical (unpaired) electrons. The minimum absolute atomic E-state index is 0.0186. The summed E-state index contributed by atoms with van der Waals surface area (Å²) in [5, 5.41) is 2.87. The average Bonchev–Trinajstić information content (AvgIpc) is 3.41. The van der Waals surface area contributed by atoms with Crippen LogP contribution in [0.25, 0.3) is 34.7 Å². The molecule has 0 aliphatic carbocycles. The van der Waals surface area contributed by atoms with Gasteiger partial charge in [-0.05, 0) is 42.5 Å². The van der Waals surface area contributed by atoms with E-state index >= 15 is 0 Å². The Morgan fingerprint density at radius 3 is 2.72 bits per heavy atom. The van der Waals surface area contributed by atoms with E-state index in [1.165, 1.54) is 0 Å². The molecule has 0 unspecified atom stereocenters. The number of nitrogens with zero attached hydrogens (tertiary/aromatic N) is 1. The first-order valence-electron chi connectivity index (χ1n) is 9.56. The molecule has 0 atom stereocenters. The summed E-state index contributed by atoms with van der Waals surface area (Å²) in [7, 11) is 0. The van der Waals surface area contributed by atoms with Gasteiger partial charge in [0.15, 0.2) is 0 Å². The maximum Gasteiger partial charge on any atom is 0.253 e. The van der Waals surface area contributed by atoms with Gasteiger partial charge in [0.1, 0.15) is 11.5 Å². The number of hydrogen-bond donors (Lipinski definition) is 2. The summed E-state index contributed by atoms with van der Waals surface area (Å²) in [6.07, 6.45) is 6.42. The molecule has 0 spiro atoms. The van der Waals surface area contributed by atoms with Crippen LogP contribution in [0.4, 0.5) is 0 Å². The standard InChI is InChI=1S/C24H19N3O2/c28-24-20-15-22(27-21(20)11-13-26-24)17-10-12-25-18(14-17)6-7-19-8-9-23(29-19)16-4-2-1-3-5-16/h1-10,12,14-15,27H,11,13H2,(H,26,28). The van der Waals surface area contributed by atoms with E-state index in [1.54, 1.807) is 6.20 Å². The number of aromatic amines is 1. The summed E-state index contributed by atoms with van der Waals surface area (Å²) in [4.78, 5) is 19.8. The van der Waals surface area contributed by atoms with Gasteiger partial charge in [0.05, 0.1) is 11.3 Å². The quantitative estimate of drug-likeness (QED) is 0.534. The molecule has 4 aromatic rings. The van der Waals surface area contributed by atoms with Crippen molar-refractivity contribution in [3.8, 4) is 22.6 Å². The minimum atomic E-state index is -0.0186. The van der Waals surface area contributed by atoms with Crippen LogP contribution in [-0.2, 0) is 6.42 Å². The molecule has 29 heavy (non-hydrogen) atoms. The number of aromatic nitrogens is 2. The van der Waals surface area contributed by atoms with Gasteiger partial charge in [-0.25, -0.2) is 0 Å². The predicted octanol–water partition coefficient (Wildman–Crippen LogP) is 4.79. The first-order valence-corrected chi connectivity index (χ1v) is 9.56. The van der Waals surface area contributed by atoms with Crippen molar-refractivity contribution in [3.05, 3.63) is 89.6 Å². The van der Waals surface area contributed by atoms with Gasteiger partial charge in [0.2, 0.25) is 0 Å². The lowest BCUT2D eigenvalue weighted by Crippen LogP contribution is -2.31. The zero-order valence-electron chi connectivity index (χ0n) is 15.7. The van der Waals surface area contributed by atoms with E-state index in [9.17, 15) is 4.79 Å². The highest BCUT2D eigenvalue weighted by molar-refractivity contribution is 5.97. The highest BCUT2D eigenvalue weighted by Gasteiger charge is 2.19. The first kappa shape index (κ1) is 17.3. The lowest BCUT2D eigenvalue weighted by atomic mass is 10.1. The highest BCUT2D eigenvalue weighted by Crippen LogP contribution is 2.25. The van der Waals surface area contributed by atoms with Gasteiger partial charge in [-0.3, -0.25) is 9.78 Å². The molecule has 142 valence electrons. The molecular weight excluding hydrogens is 362 g/mol. The van der Waals surface area contributed by atoms with Gasteiger partial charge in [0.25, 0.3) is 5.91 Å². The summed E-state index contributed by atoms with van der Waals surface area (Å²) in [6.45, 7) is 0.671. The second-order valence-electron chi connectivity index (χ2n) is 6.95. The summed E-state index contributed by atoms with van der Waals surface area (Å²) in [5.41, 5.74) is 5.50. The number of pyridine rings is 1. The summed E-state index contributed by atoms with van der Waals surface area (Å²) >= 11 is 0. The molecule has 1 aliphatic rings. The fourth-order valence-corrected chi connectivity index (χ4v) is 3.52. The van der Waals surface area contributed by atoms with Crippen LogP contribution in [0.15, 0.2) is 71.3 Å². The van der Waals surface area contributed by atoms with Gasteiger partial charge in [0, 0.05) is 41.7 Å². The Hall–Kier alpha value is -3.86. The fraction of sp³-hybridized carbons (Fsp3) is 0.0833. The zero-order chi connectivity index (χ0) is 19.6. The van der Waals surface area contributed by atoms with Crippen molar-refractivity contribution in [3.63, 3.8) is 0 Å². The number of rotatable bonds is 4. The highest BCUT2D eigenvalue weighted by atomic mass is 16.3. The Morgan fingerprint density at radius 2 is 1.86 bits per heavy atom. The topological polar surface area (TPSA) is 70.9 Å². The number of H-pyrrole nitrogens is 1. The van der Waals surface area contributed by atoms with Crippen molar-refractivity contribution in [2.24, 2.45) is 0 Å². The SMILES string of the molecule is O=C1NCCc2[nH]c(-c3ccnc(C=Cc4ccc(-c5ccccc5)o4)c3)cc21. The lowest BCUT2D eigenvalue weighted by molar-refractivity contribution is 0.0946. The molecule has 0 saturated carbocycles. The first-order chi connectivity index (χ1) is 14.3. The molecule has 1 aromatic carbocycles. The van der Waals surface area contributed by atoms with E-state index in [-0.39, 0.29) is 5.91 Å². The van der Waals surface area contributed by atoms with Gasteiger partial charge in [-0.1, -0.05) is 30.3 Å². The minimum Gasteiger partial charge on any atom is -0.457 e. The van der Waals surface area contributed by atoms with Crippen LogP contribution in [0.3, 0.4) is 0 Å². The largest absolute Gasteiger partial charge is 0.457 e. The average molecular weight is 381 g/mol. The third-order valence-corrected chi connectivity index (χ3v) is 5.00. The Labute approximate surface area is 168 Å². The molecule has 5 heteroatoms. The lowest BCUT2D eigenvalue weighted by Gasteiger charge is -2.10. The van der Waals surface area contributed by atoms with E-state index in [1.807, 2.05) is 72.8 Å². The van der Waals surface area contributed by atoms with E-state index in [4.69, 9.17) is 4.42 Å². The molecule has 3 aromatic heterocycles. The van der Waals surface area contributed by atoms with Gasteiger partial charge >= 0.3 is 0 Å². The van der Waals surface area contributed by atoms with Crippen LogP contribution in [0, 0.1) is 0 Å². The van der Waals surface area contributed by atoms with Crippen LogP contribution >= 0.6 is 0 Å². The molecular formula is C24H19N3O2. The summed E-state index contributed by atoms with van der Waals surface area (Å²) in [6, 6.07) is 19.8. The normalized spacial score (nSPS) is 13.4. The molecule has 0 fully saturated rings. The Bertz CT molecular complexity index is 1200. The zero-order valence-corrected chi connectivity index (χ0v) is 15.7. The van der Waals surface area contributed by atoms with Crippen LogP contribution in [0.2, 0.25) is 0 Å². The number of carbonyl (C=O) groups is 1. The number of amides is 1. The van der Waals surface area contributed by atoms with Crippen LogP contribution in [-0.4, -0.2) is 22.4 Å². The predicted molar refractivity (Wildman–Crippen MR) is 113 cm³/mol. The summed E-state index contributed by atoms with van der Waals surface area (Å²) < 4.78 is 5.91. The molecule has 1 amide bonds. The smallest absolute Gasteiger partial charge is 0.253 e. The van der Waals surface area contributed by atoms with Crippen molar-refractivity contribution >= 4 is 18.1 Å². The van der Waals surface area contributed by atoms with Crippen molar-refractivity contribution in [1.29, 1.82) is 0 Å². The van der Waals surface area contributed by atoms with Crippen LogP contribution in [0.1, 0.15) is 27.5 Å². The van der Waals surface area contributed by atoms with Crippen molar-refractivity contribution in [1.82, 2.24) is 15.3 Å². The van der Waals surface area contributed by atoms with Crippen molar-refractivity contribution in [2.75, 3.05) is 6.54 Å². The third-order valence-electron chi connectivity index (χ3n) is 5.00. The summed E-state index contributed by atoms with van der Waals surface area (Å²) in [5.74, 6) is 1.58. The van der Waals surface area contributed by atoms with E-state index in [0.717, 1.165) is 51.7 Å². The molecule has 2 N–H and O–H groups in total. The molecule has 1 aliphatic heterocycles. The second kappa shape index (κ2) is 7.28. The Kier molecular flexibility index (Phi) is 4.33. The monoisotopic (exact) mass is 381 g/mol. The number of furan rings is 1. The fourth-order valence-electron chi connectivity index (χ4n) is 3.52. The van der Waals surface area contributed by atoms with Crippen LogP contribution < -0.4 is 5.32 Å². The van der Waals surface area contributed by atoms with E-state index in [2.05, 4.69) is 15.3 Å². The maximum absolute atomic E-state index is 12.0. The molecule has 0 saturated heterocycles. The van der Waals surface area contributed by atoms with Crippen LogP contribution in [0.5, 0.6) is 0 Å². The van der Waals surface area contributed by atoms with E-state index < -0.39 is 0 Å². The number of fused-ring (bicyclic) bond motifs is 1. The molecule has 4 heterocycles. The number of benzene rings is 1. The van der Waals surface area contributed by atoms with Gasteiger partial charge < -0.3 is 14.7 Å². The molecule has 0 bridgehead atoms. The van der Waals surface area contributed by atoms with Crippen molar-refractivity contribution in [2.45, 2.75) is 6.42 Å². The van der Waals surface area contributed by atoms with Crippen molar-refractivity contribution < 1.29 is 9.21 Å². The molecule has 5 rings (SSSR count). The van der Waals surface area contributed by atoms with Gasteiger partial charge in [-0.15, -0.1) is 0 Å².